The molecule has 2 rings (SSSR count). The van der Waals surface area contributed by atoms with E-state index in [-0.39, 0.29) is 5.04 Å². The van der Waals surface area contributed by atoms with Crippen molar-refractivity contribution in [3.63, 3.8) is 0 Å². The number of nitrogen functional groups attached to an aromatic ring is 1. The number of hydrogen-bond donors (Lipinski definition) is 1. The van der Waals surface area contributed by atoms with Crippen LogP contribution in [-0.2, 0) is 4.43 Å². The molecule has 1 aromatic heterocycles. The Bertz CT molecular complexity index is 510. The van der Waals surface area contributed by atoms with E-state index in [0.717, 1.165) is 34.6 Å². The van der Waals surface area contributed by atoms with E-state index in [0.29, 0.717) is 5.92 Å². The van der Waals surface area contributed by atoms with E-state index < -0.39 is 8.32 Å². The standard InChI is InChI=1S/C16H28IN3OSi/c1-16(2,3)22(4,5)21-11-12-6-7-20(10-12)15-13(17)8-19-9-14(15)18/h8-9,12H,6-7,10-11,18H2,1-5H3. The number of anilines is 2. The molecule has 0 saturated carbocycles. The summed E-state index contributed by atoms with van der Waals surface area (Å²) in [6.07, 6.45) is 4.80. The normalized spacial score (nSPS) is 19.7. The van der Waals surface area contributed by atoms with Crippen molar-refractivity contribution in [2.24, 2.45) is 5.92 Å². The zero-order valence-corrected chi connectivity index (χ0v) is 17.5. The van der Waals surface area contributed by atoms with Crippen LogP contribution in [0.25, 0.3) is 0 Å². The van der Waals surface area contributed by atoms with Gasteiger partial charge in [-0.2, -0.15) is 0 Å². The van der Waals surface area contributed by atoms with Gasteiger partial charge in [-0.05, 0) is 47.1 Å². The number of pyridine rings is 1. The SMILES string of the molecule is CC(C)(C)[Si](C)(C)OCC1CCN(c2c(N)cncc2I)C1. The zero-order valence-electron chi connectivity index (χ0n) is 14.3. The number of aromatic nitrogens is 1. The van der Waals surface area contributed by atoms with E-state index in [4.69, 9.17) is 10.2 Å². The first-order chi connectivity index (χ1) is 10.1. The fraction of sp³-hybridized carbons (Fsp3) is 0.688. The largest absolute Gasteiger partial charge is 0.416 e. The fourth-order valence-electron chi connectivity index (χ4n) is 2.49. The van der Waals surface area contributed by atoms with Crippen molar-refractivity contribution in [2.75, 3.05) is 30.3 Å². The summed E-state index contributed by atoms with van der Waals surface area (Å²) in [6.45, 7) is 14.5. The molecule has 1 fully saturated rings. The molecule has 0 amide bonds. The van der Waals surface area contributed by atoms with Gasteiger partial charge in [-0.3, -0.25) is 4.98 Å². The van der Waals surface area contributed by atoms with Crippen LogP contribution in [-0.4, -0.2) is 33.0 Å². The van der Waals surface area contributed by atoms with E-state index in [1.165, 1.54) is 6.42 Å². The Kier molecular flexibility index (Phi) is 5.44. The van der Waals surface area contributed by atoms with Crippen molar-refractivity contribution in [1.29, 1.82) is 0 Å². The summed E-state index contributed by atoms with van der Waals surface area (Å²) in [5.41, 5.74) is 8.03. The van der Waals surface area contributed by atoms with E-state index in [2.05, 4.69) is 66.3 Å². The molecular weight excluding hydrogens is 405 g/mol. The van der Waals surface area contributed by atoms with Gasteiger partial charge in [-0.1, -0.05) is 20.8 Å². The third-order valence-corrected chi connectivity index (χ3v) is 10.3. The van der Waals surface area contributed by atoms with E-state index in [9.17, 15) is 0 Å². The molecule has 22 heavy (non-hydrogen) atoms. The molecule has 1 saturated heterocycles. The minimum atomic E-state index is -1.65. The Morgan fingerprint density at radius 2 is 2.09 bits per heavy atom. The molecule has 1 aromatic rings. The molecular formula is C16H28IN3OSi. The lowest BCUT2D eigenvalue weighted by molar-refractivity contribution is 0.238. The molecule has 4 nitrogen and oxygen atoms in total. The smallest absolute Gasteiger partial charge is 0.191 e. The van der Waals surface area contributed by atoms with Gasteiger partial charge >= 0.3 is 0 Å². The first-order valence-electron chi connectivity index (χ1n) is 7.90. The Morgan fingerprint density at radius 1 is 1.41 bits per heavy atom. The van der Waals surface area contributed by atoms with Crippen LogP contribution in [0.5, 0.6) is 0 Å². The number of nitrogens with two attached hydrogens (primary N) is 1. The summed E-state index contributed by atoms with van der Waals surface area (Å²) in [5, 5.41) is 0.274. The van der Waals surface area contributed by atoms with Gasteiger partial charge in [0.1, 0.15) is 0 Å². The molecule has 2 heterocycles. The van der Waals surface area contributed by atoms with Crippen LogP contribution in [0.3, 0.4) is 0 Å². The van der Waals surface area contributed by atoms with Crippen LogP contribution in [0.15, 0.2) is 12.4 Å². The van der Waals surface area contributed by atoms with Crippen molar-refractivity contribution in [2.45, 2.75) is 45.3 Å². The van der Waals surface area contributed by atoms with Gasteiger partial charge in [0.2, 0.25) is 0 Å². The molecule has 0 bridgehead atoms. The Labute approximate surface area is 149 Å². The van der Waals surface area contributed by atoms with Crippen molar-refractivity contribution in [3.05, 3.63) is 16.0 Å². The van der Waals surface area contributed by atoms with Crippen LogP contribution >= 0.6 is 22.6 Å². The second-order valence-electron chi connectivity index (χ2n) is 7.73. The molecule has 0 spiro atoms. The maximum absolute atomic E-state index is 6.39. The van der Waals surface area contributed by atoms with Crippen LogP contribution < -0.4 is 10.6 Å². The predicted molar refractivity (Wildman–Crippen MR) is 105 cm³/mol. The Morgan fingerprint density at radius 3 is 2.68 bits per heavy atom. The van der Waals surface area contributed by atoms with E-state index in [1.54, 1.807) is 6.20 Å². The third kappa shape index (κ3) is 3.94. The highest BCUT2D eigenvalue weighted by molar-refractivity contribution is 14.1. The van der Waals surface area contributed by atoms with Crippen LogP contribution in [0, 0.1) is 9.49 Å². The number of nitrogens with zero attached hydrogens (tertiary/aromatic N) is 2. The molecule has 6 heteroatoms. The molecule has 124 valence electrons. The number of rotatable bonds is 4. The average Bonchev–Trinajstić information content (AvgIpc) is 2.83. The fourth-order valence-corrected chi connectivity index (χ4v) is 4.39. The number of halogens is 1. The molecule has 1 atom stereocenters. The first kappa shape index (κ1) is 18.0. The average molecular weight is 433 g/mol. The Balaban J connectivity index is 1.97. The summed E-state index contributed by atoms with van der Waals surface area (Å²) >= 11 is 2.32. The van der Waals surface area contributed by atoms with Gasteiger partial charge in [0.15, 0.2) is 8.32 Å². The van der Waals surface area contributed by atoms with Crippen LogP contribution in [0.1, 0.15) is 27.2 Å². The highest BCUT2D eigenvalue weighted by Gasteiger charge is 2.38. The van der Waals surface area contributed by atoms with Gasteiger partial charge in [0.05, 0.1) is 21.1 Å². The summed E-state index contributed by atoms with van der Waals surface area (Å²) < 4.78 is 7.52. The lowest BCUT2D eigenvalue weighted by Gasteiger charge is -2.37. The van der Waals surface area contributed by atoms with Gasteiger partial charge in [0.25, 0.3) is 0 Å². The monoisotopic (exact) mass is 433 g/mol. The topological polar surface area (TPSA) is 51.4 Å². The summed E-state index contributed by atoms with van der Waals surface area (Å²) in [4.78, 5) is 6.54. The van der Waals surface area contributed by atoms with Crippen LogP contribution in [0.2, 0.25) is 18.1 Å². The van der Waals surface area contributed by atoms with Gasteiger partial charge in [0, 0.05) is 31.8 Å². The Hall–Kier alpha value is -0.343. The van der Waals surface area contributed by atoms with Crippen LogP contribution in [0.4, 0.5) is 11.4 Å². The highest BCUT2D eigenvalue weighted by atomic mass is 127. The lowest BCUT2D eigenvalue weighted by Crippen LogP contribution is -2.42. The summed E-state index contributed by atoms with van der Waals surface area (Å²) in [5.74, 6) is 0.595. The third-order valence-electron chi connectivity index (χ3n) is 4.99. The van der Waals surface area contributed by atoms with Crippen molar-refractivity contribution >= 4 is 42.3 Å². The quantitative estimate of drug-likeness (QED) is 0.574. The molecule has 0 radical (unpaired) electrons. The van der Waals surface area contributed by atoms with Crippen molar-refractivity contribution < 1.29 is 4.43 Å². The van der Waals surface area contributed by atoms with E-state index in [1.807, 2.05) is 6.20 Å². The lowest BCUT2D eigenvalue weighted by atomic mass is 10.1. The van der Waals surface area contributed by atoms with E-state index >= 15 is 0 Å². The molecule has 1 unspecified atom stereocenters. The molecule has 0 aromatic carbocycles. The predicted octanol–water partition coefficient (Wildman–Crippen LogP) is 4.12. The molecule has 1 aliphatic heterocycles. The minimum absolute atomic E-state index is 0.274. The van der Waals surface area contributed by atoms with Gasteiger partial charge in [-0.25, -0.2) is 0 Å². The maximum Gasteiger partial charge on any atom is 0.191 e. The van der Waals surface area contributed by atoms with Crippen molar-refractivity contribution in [1.82, 2.24) is 4.98 Å². The molecule has 2 N–H and O–H groups in total. The zero-order chi connectivity index (χ0) is 16.5. The maximum atomic E-state index is 6.39. The van der Waals surface area contributed by atoms with Gasteiger partial charge < -0.3 is 15.1 Å². The number of hydrogen-bond acceptors (Lipinski definition) is 4. The molecule has 1 aliphatic rings. The molecule has 0 aliphatic carbocycles. The summed E-state index contributed by atoms with van der Waals surface area (Å²) in [6, 6.07) is 0. The first-order valence-corrected chi connectivity index (χ1v) is 11.9. The van der Waals surface area contributed by atoms with Gasteiger partial charge in [-0.15, -0.1) is 0 Å². The minimum Gasteiger partial charge on any atom is -0.416 e. The van der Waals surface area contributed by atoms with Crippen molar-refractivity contribution in [3.8, 4) is 0 Å². The highest BCUT2D eigenvalue weighted by Crippen LogP contribution is 2.38. The summed E-state index contributed by atoms with van der Waals surface area (Å²) in [7, 11) is -1.65. The second-order valence-corrected chi connectivity index (χ2v) is 13.7. The second kappa shape index (κ2) is 6.65.